The summed E-state index contributed by atoms with van der Waals surface area (Å²) in [6, 6.07) is 12.7. The Labute approximate surface area is 169 Å². The third-order valence-corrected chi connectivity index (χ3v) is 5.36. The van der Waals surface area contributed by atoms with E-state index in [9.17, 15) is 22.8 Å². The molecule has 0 saturated carbocycles. The van der Waals surface area contributed by atoms with E-state index in [1.54, 1.807) is 41.3 Å². The lowest BCUT2D eigenvalue weighted by Gasteiger charge is -2.15. The van der Waals surface area contributed by atoms with Crippen LogP contribution in [-0.2, 0) is 25.1 Å². The number of ketones is 1. The van der Waals surface area contributed by atoms with Crippen LogP contribution in [0.3, 0.4) is 0 Å². The quantitative estimate of drug-likeness (QED) is 0.509. The highest BCUT2D eigenvalue weighted by molar-refractivity contribution is 7.89. The second-order valence-corrected chi connectivity index (χ2v) is 9.11. The summed E-state index contributed by atoms with van der Waals surface area (Å²) in [5.74, 6) is -1.19. The Balaban J connectivity index is 1.59. The van der Waals surface area contributed by atoms with Gasteiger partial charge in [-0.3, -0.25) is 9.59 Å². The van der Waals surface area contributed by atoms with Crippen LogP contribution in [0.1, 0.15) is 39.1 Å². The summed E-state index contributed by atoms with van der Waals surface area (Å²) in [6.45, 7) is 0.235. The number of ether oxygens (including phenoxy) is 1. The van der Waals surface area contributed by atoms with Gasteiger partial charge >= 0.3 is 5.97 Å². The summed E-state index contributed by atoms with van der Waals surface area (Å²) in [5.41, 5.74) is 1.77. The average Bonchev–Trinajstić information content (AvgIpc) is 3.10. The first-order valence-corrected chi connectivity index (χ1v) is 11.2. The first kappa shape index (κ1) is 20.7. The SMILES string of the molecule is CS(=O)(=O)Cc1cccc(C(=O)OCC(=O)c2ccc(N3CCCC3=O)cc2)c1. The topological polar surface area (TPSA) is 97.8 Å². The Morgan fingerprint density at radius 1 is 1.07 bits per heavy atom. The second-order valence-electron chi connectivity index (χ2n) is 6.97. The van der Waals surface area contributed by atoms with Crippen molar-refractivity contribution in [1.82, 2.24) is 0 Å². The number of amides is 1. The minimum atomic E-state index is -3.23. The van der Waals surface area contributed by atoms with E-state index in [2.05, 4.69) is 0 Å². The number of esters is 1. The summed E-state index contributed by atoms with van der Waals surface area (Å²) >= 11 is 0. The molecule has 2 aromatic rings. The zero-order valence-corrected chi connectivity index (χ0v) is 16.8. The molecule has 29 heavy (non-hydrogen) atoms. The zero-order valence-electron chi connectivity index (χ0n) is 16.0. The van der Waals surface area contributed by atoms with Gasteiger partial charge in [0.05, 0.1) is 11.3 Å². The molecule has 2 aromatic carbocycles. The predicted molar refractivity (Wildman–Crippen MR) is 108 cm³/mol. The fourth-order valence-electron chi connectivity index (χ4n) is 3.14. The summed E-state index contributed by atoms with van der Waals surface area (Å²) in [6.07, 6.45) is 2.46. The monoisotopic (exact) mass is 415 g/mol. The van der Waals surface area contributed by atoms with Gasteiger partial charge in [-0.05, 0) is 48.4 Å². The maximum atomic E-state index is 12.3. The van der Waals surface area contributed by atoms with E-state index in [1.807, 2.05) is 0 Å². The van der Waals surface area contributed by atoms with Crippen LogP contribution in [0, 0.1) is 0 Å². The van der Waals surface area contributed by atoms with Gasteiger partial charge in [-0.1, -0.05) is 12.1 Å². The normalized spacial score (nSPS) is 14.1. The van der Waals surface area contributed by atoms with Gasteiger partial charge in [-0.15, -0.1) is 0 Å². The summed E-state index contributed by atoms with van der Waals surface area (Å²) in [7, 11) is -3.23. The van der Waals surface area contributed by atoms with Crippen molar-refractivity contribution >= 4 is 33.2 Å². The van der Waals surface area contributed by atoms with Crippen LogP contribution in [0.2, 0.25) is 0 Å². The molecule has 152 valence electrons. The number of nitrogens with zero attached hydrogens (tertiary/aromatic N) is 1. The van der Waals surface area contributed by atoms with Crippen LogP contribution < -0.4 is 4.90 Å². The molecular weight excluding hydrogens is 394 g/mol. The highest BCUT2D eigenvalue weighted by atomic mass is 32.2. The first-order valence-electron chi connectivity index (χ1n) is 9.10. The molecule has 0 aromatic heterocycles. The lowest BCUT2D eigenvalue weighted by molar-refractivity contribution is -0.117. The molecular formula is C21H21NO6S. The van der Waals surface area contributed by atoms with E-state index < -0.39 is 22.4 Å². The smallest absolute Gasteiger partial charge is 0.338 e. The number of benzene rings is 2. The van der Waals surface area contributed by atoms with E-state index in [-0.39, 0.29) is 23.0 Å². The standard InChI is InChI=1S/C21H21NO6S/c1-29(26,27)14-15-4-2-5-17(12-15)21(25)28-13-19(23)16-7-9-18(10-8-16)22-11-3-6-20(22)24/h2,4-5,7-10,12H,3,6,11,13-14H2,1H3. The predicted octanol–water partition coefficient (Wildman–Crippen LogP) is 2.40. The zero-order chi connectivity index (χ0) is 21.0. The summed E-state index contributed by atoms with van der Waals surface area (Å²) < 4.78 is 27.9. The molecule has 0 spiro atoms. The van der Waals surface area contributed by atoms with E-state index in [1.165, 1.54) is 12.1 Å². The number of hydrogen-bond donors (Lipinski definition) is 0. The molecule has 3 rings (SSSR count). The number of anilines is 1. The van der Waals surface area contributed by atoms with Gasteiger partial charge in [0.1, 0.15) is 0 Å². The molecule has 1 fully saturated rings. The number of sulfone groups is 1. The molecule has 0 unspecified atom stereocenters. The van der Waals surface area contributed by atoms with Crippen molar-refractivity contribution in [3.8, 4) is 0 Å². The molecule has 1 aliphatic heterocycles. The lowest BCUT2D eigenvalue weighted by atomic mass is 10.1. The molecule has 7 nitrogen and oxygen atoms in total. The van der Waals surface area contributed by atoms with Gasteiger partial charge in [-0.2, -0.15) is 0 Å². The molecule has 8 heteroatoms. The van der Waals surface area contributed by atoms with Crippen LogP contribution >= 0.6 is 0 Å². The third-order valence-electron chi connectivity index (χ3n) is 4.50. The van der Waals surface area contributed by atoms with E-state index in [0.29, 0.717) is 24.1 Å². The molecule has 1 heterocycles. The highest BCUT2D eigenvalue weighted by Crippen LogP contribution is 2.21. The molecule has 1 amide bonds. The Bertz CT molecular complexity index is 1040. The molecule has 0 radical (unpaired) electrons. The minimum Gasteiger partial charge on any atom is -0.454 e. The Morgan fingerprint density at radius 2 is 1.79 bits per heavy atom. The number of rotatable bonds is 7. The third kappa shape index (κ3) is 5.51. The van der Waals surface area contributed by atoms with Crippen molar-refractivity contribution in [3.63, 3.8) is 0 Å². The van der Waals surface area contributed by atoms with Gasteiger partial charge in [0.2, 0.25) is 5.91 Å². The number of carbonyl (C=O) groups is 3. The van der Waals surface area contributed by atoms with Gasteiger partial charge in [0, 0.05) is 30.5 Å². The summed E-state index contributed by atoms with van der Waals surface area (Å²) in [4.78, 5) is 37.9. The van der Waals surface area contributed by atoms with Crippen molar-refractivity contribution in [3.05, 3.63) is 65.2 Å². The van der Waals surface area contributed by atoms with Crippen molar-refractivity contribution in [2.45, 2.75) is 18.6 Å². The number of hydrogen-bond acceptors (Lipinski definition) is 6. The van der Waals surface area contributed by atoms with Gasteiger partial charge in [0.25, 0.3) is 0 Å². The van der Waals surface area contributed by atoms with Gasteiger partial charge < -0.3 is 9.64 Å². The van der Waals surface area contributed by atoms with Crippen LogP contribution in [0.5, 0.6) is 0 Å². The second kappa shape index (κ2) is 8.57. The van der Waals surface area contributed by atoms with E-state index >= 15 is 0 Å². The maximum absolute atomic E-state index is 12.3. The van der Waals surface area contributed by atoms with Gasteiger partial charge in [0.15, 0.2) is 22.2 Å². The molecule has 1 saturated heterocycles. The fraction of sp³-hybridized carbons (Fsp3) is 0.286. The molecule has 1 aliphatic rings. The lowest BCUT2D eigenvalue weighted by Crippen LogP contribution is -2.23. The molecule has 0 atom stereocenters. The molecule has 0 bridgehead atoms. The highest BCUT2D eigenvalue weighted by Gasteiger charge is 2.22. The Kier molecular flexibility index (Phi) is 6.12. The first-order chi connectivity index (χ1) is 13.7. The Morgan fingerprint density at radius 3 is 2.41 bits per heavy atom. The number of Topliss-reactive ketones (excluding diaryl/α,β-unsaturated/α-hetero) is 1. The van der Waals surface area contributed by atoms with Crippen LogP contribution in [0.15, 0.2) is 48.5 Å². The van der Waals surface area contributed by atoms with Gasteiger partial charge in [-0.25, -0.2) is 13.2 Å². The largest absolute Gasteiger partial charge is 0.454 e. The van der Waals surface area contributed by atoms with Crippen molar-refractivity contribution in [1.29, 1.82) is 0 Å². The molecule has 0 aliphatic carbocycles. The van der Waals surface area contributed by atoms with Crippen molar-refractivity contribution in [2.75, 3.05) is 24.3 Å². The van der Waals surface area contributed by atoms with Crippen molar-refractivity contribution < 1.29 is 27.5 Å². The average molecular weight is 415 g/mol. The van der Waals surface area contributed by atoms with E-state index in [4.69, 9.17) is 4.74 Å². The van der Waals surface area contributed by atoms with Crippen molar-refractivity contribution in [2.24, 2.45) is 0 Å². The Hall–Kier alpha value is -3.00. The number of carbonyl (C=O) groups excluding carboxylic acids is 3. The summed E-state index contributed by atoms with van der Waals surface area (Å²) in [5, 5.41) is 0. The van der Waals surface area contributed by atoms with Crippen LogP contribution in [0.4, 0.5) is 5.69 Å². The maximum Gasteiger partial charge on any atom is 0.338 e. The minimum absolute atomic E-state index is 0.0658. The van der Waals surface area contributed by atoms with Crippen LogP contribution in [0.25, 0.3) is 0 Å². The van der Waals surface area contributed by atoms with E-state index in [0.717, 1.165) is 18.4 Å². The fourth-order valence-corrected chi connectivity index (χ4v) is 3.92. The molecule has 0 N–H and O–H groups in total. The van der Waals surface area contributed by atoms with Crippen LogP contribution in [-0.4, -0.2) is 45.5 Å².